The number of amides is 1. The summed E-state index contributed by atoms with van der Waals surface area (Å²) in [5.74, 6) is -1.70. The summed E-state index contributed by atoms with van der Waals surface area (Å²) >= 11 is 0. The molecule has 1 amide bonds. The van der Waals surface area contributed by atoms with Crippen molar-refractivity contribution in [1.82, 2.24) is 4.90 Å². The maximum atomic E-state index is 12.3. The number of carbonyl (C=O) groups excluding carboxylic acids is 3. The lowest BCUT2D eigenvalue weighted by atomic mass is 9.97. The van der Waals surface area contributed by atoms with Gasteiger partial charge in [-0.15, -0.1) is 0 Å². The first-order chi connectivity index (χ1) is 12.9. The average molecular weight is 380 g/mol. The van der Waals surface area contributed by atoms with Crippen LogP contribution < -0.4 is 4.74 Å². The summed E-state index contributed by atoms with van der Waals surface area (Å²) in [4.78, 5) is 47.3. The zero-order valence-electron chi connectivity index (χ0n) is 15.0. The number of ether oxygens (including phenoxy) is 3. The minimum atomic E-state index is -0.714. The molecule has 1 aliphatic rings. The fraction of sp³-hybridized carbons (Fsp3) is 0.471. The van der Waals surface area contributed by atoms with Gasteiger partial charge >= 0.3 is 17.6 Å². The van der Waals surface area contributed by atoms with Gasteiger partial charge in [-0.25, -0.2) is 4.79 Å². The Kier molecular flexibility index (Phi) is 6.69. The first kappa shape index (κ1) is 20.1. The number of benzene rings is 1. The summed E-state index contributed by atoms with van der Waals surface area (Å²) in [6.45, 7) is 0.373. The van der Waals surface area contributed by atoms with Crippen LogP contribution in [0.4, 0.5) is 5.69 Å². The van der Waals surface area contributed by atoms with Crippen LogP contribution in [0.1, 0.15) is 23.2 Å². The second-order valence-corrected chi connectivity index (χ2v) is 5.90. The Morgan fingerprint density at radius 2 is 1.85 bits per heavy atom. The molecule has 1 heterocycles. The summed E-state index contributed by atoms with van der Waals surface area (Å²) in [7, 11) is 2.49. The zero-order valence-corrected chi connectivity index (χ0v) is 15.0. The highest BCUT2D eigenvalue weighted by Crippen LogP contribution is 2.28. The predicted octanol–water partition coefficient (Wildman–Crippen LogP) is 1.17. The van der Waals surface area contributed by atoms with Crippen molar-refractivity contribution in [2.24, 2.45) is 5.92 Å². The molecule has 0 saturated carbocycles. The number of esters is 2. The number of nitro benzene ring substituents is 1. The standard InChI is InChI=1S/C17H20N2O8/c1-25-16(21)11-5-7-18(8-6-11)15(20)10-27-14-4-3-12(17(22)26-2)9-13(14)19(23)24/h3-4,9,11H,5-8,10H2,1-2H3. The highest BCUT2D eigenvalue weighted by molar-refractivity contribution is 5.90. The maximum absolute atomic E-state index is 12.3. The van der Waals surface area contributed by atoms with Crippen molar-refractivity contribution >= 4 is 23.5 Å². The van der Waals surface area contributed by atoms with Gasteiger partial charge in [0.25, 0.3) is 5.91 Å². The molecule has 10 heteroatoms. The number of hydrogen-bond donors (Lipinski definition) is 0. The summed E-state index contributed by atoms with van der Waals surface area (Å²) in [5, 5.41) is 11.2. The third-order valence-electron chi connectivity index (χ3n) is 4.31. The molecule has 0 atom stereocenters. The first-order valence-corrected chi connectivity index (χ1v) is 8.22. The summed E-state index contributed by atoms with van der Waals surface area (Å²) < 4.78 is 14.5. The van der Waals surface area contributed by atoms with Crippen LogP contribution >= 0.6 is 0 Å². The van der Waals surface area contributed by atoms with E-state index in [-0.39, 0.29) is 35.7 Å². The van der Waals surface area contributed by atoms with E-state index >= 15 is 0 Å². The van der Waals surface area contributed by atoms with Gasteiger partial charge in [0.2, 0.25) is 0 Å². The van der Waals surface area contributed by atoms with E-state index in [0.29, 0.717) is 25.9 Å². The molecule has 1 aromatic rings. The van der Waals surface area contributed by atoms with Gasteiger partial charge in [-0.3, -0.25) is 19.7 Å². The molecule has 2 rings (SSSR count). The molecule has 1 aliphatic heterocycles. The van der Waals surface area contributed by atoms with E-state index in [2.05, 4.69) is 4.74 Å². The number of rotatable bonds is 6. The fourth-order valence-electron chi connectivity index (χ4n) is 2.79. The van der Waals surface area contributed by atoms with Crippen LogP contribution in [0, 0.1) is 16.0 Å². The van der Waals surface area contributed by atoms with Crippen LogP contribution in [0.5, 0.6) is 5.75 Å². The third-order valence-corrected chi connectivity index (χ3v) is 4.31. The van der Waals surface area contributed by atoms with Gasteiger partial charge in [0.05, 0.1) is 30.6 Å². The van der Waals surface area contributed by atoms with Gasteiger partial charge in [0.15, 0.2) is 12.4 Å². The van der Waals surface area contributed by atoms with E-state index in [1.807, 2.05) is 0 Å². The molecule has 1 saturated heterocycles. The molecule has 0 aliphatic carbocycles. The Labute approximate surface area is 155 Å². The topological polar surface area (TPSA) is 125 Å². The van der Waals surface area contributed by atoms with Crippen LogP contribution in [0.15, 0.2) is 18.2 Å². The smallest absolute Gasteiger partial charge is 0.338 e. The Balaban J connectivity index is 1.98. The molecule has 0 unspecified atom stereocenters. The average Bonchev–Trinajstić information content (AvgIpc) is 2.70. The molecule has 0 radical (unpaired) electrons. The molecule has 0 aromatic heterocycles. The molecule has 0 N–H and O–H groups in total. The van der Waals surface area contributed by atoms with Crippen molar-refractivity contribution in [3.8, 4) is 5.75 Å². The molecule has 0 spiro atoms. The first-order valence-electron chi connectivity index (χ1n) is 8.22. The summed E-state index contributed by atoms with van der Waals surface area (Å²) in [6, 6.07) is 3.61. The minimum absolute atomic E-state index is 0.00718. The van der Waals surface area contributed by atoms with Crippen LogP contribution in [0.2, 0.25) is 0 Å². The van der Waals surface area contributed by atoms with Crippen molar-refractivity contribution in [3.63, 3.8) is 0 Å². The highest BCUT2D eigenvalue weighted by atomic mass is 16.6. The Hall–Kier alpha value is -3.17. The number of carbonyl (C=O) groups is 3. The molecular formula is C17H20N2O8. The van der Waals surface area contributed by atoms with Crippen LogP contribution in [-0.2, 0) is 19.1 Å². The van der Waals surface area contributed by atoms with Crippen LogP contribution in [0.3, 0.4) is 0 Å². The van der Waals surface area contributed by atoms with E-state index in [4.69, 9.17) is 9.47 Å². The van der Waals surface area contributed by atoms with E-state index in [1.54, 1.807) is 0 Å². The largest absolute Gasteiger partial charge is 0.477 e. The van der Waals surface area contributed by atoms with E-state index in [1.165, 1.54) is 31.3 Å². The molecule has 146 valence electrons. The van der Waals surface area contributed by atoms with E-state index in [0.717, 1.165) is 6.07 Å². The minimum Gasteiger partial charge on any atom is -0.477 e. The Morgan fingerprint density at radius 1 is 1.19 bits per heavy atom. The van der Waals surface area contributed by atoms with Crippen molar-refractivity contribution in [1.29, 1.82) is 0 Å². The number of nitrogens with zero attached hydrogens (tertiary/aromatic N) is 2. The predicted molar refractivity (Wildman–Crippen MR) is 91.3 cm³/mol. The number of piperidine rings is 1. The lowest BCUT2D eigenvalue weighted by Crippen LogP contribution is -2.42. The summed E-state index contributed by atoms with van der Waals surface area (Å²) in [5.41, 5.74) is -0.428. The zero-order chi connectivity index (χ0) is 20.0. The van der Waals surface area contributed by atoms with Crippen molar-refractivity contribution < 1.29 is 33.5 Å². The van der Waals surface area contributed by atoms with E-state index in [9.17, 15) is 24.5 Å². The number of methoxy groups -OCH3 is 2. The Bertz CT molecular complexity index is 740. The van der Waals surface area contributed by atoms with E-state index < -0.39 is 16.6 Å². The van der Waals surface area contributed by atoms with Crippen molar-refractivity contribution in [2.75, 3.05) is 33.9 Å². The SMILES string of the molecule is COC(=O)c1ccc(OCC(=O)N2CCC(C(=O)OC)CC2)c([N+](=O)[O-])c1. The van der Waals surface area contributed by atoms with Crippen molar-refractivity contribution in [2.45, 2.75) is 12.8 Å². The van der Waals surface area contributed by atoms with Gasteiger partial charge in [-0.2, -0.15) is 0 Å². The lowest BCUT2D eigenvalue weighted by molar-refractivity contribution is -0.385. The molecule has 1 aromatic carbocycles. The van der Waals surface area contributed by atoms with Gasteiger partial charge in [-0.05, 0) is 25.0 Å². The number of nitro groups is 1. The fourth-order valence-corrected chi connectivity index (χ4v) is 2.79. The quantitative estimate of drug-likeness (QED) is 0.409. The second-order valence-electron chi connectivity index (χ2n) is 5.90. The third kappa shape index (κ3) is 4.93. The number of likely N-dealkylation sites (tertiary alicyclic amines) is 1. The van der Waals surface area contributed by atoms with Crippen LogP contribution in [-0.4, -0.2) is 61.6 Å². The van der Waals surface area contributed by atoms with Gasteiger partial charge in [-0.1, -0.05) is 0 Å². The van der Waals surface area contributed by atoms with Crippen LogP contribution in [0.25, 0.3) is 0 Å². The maximum Gasteiger partial charge on any atom is 0.338 e. The Morgan fingerprint density at radius 3 is 2.41 bits per heavy atom. The normalized spacial score (nSPS) is 14.4. The van der Waals surface area contributed by atoms with Gasteiger partial charge in [0.1, 0.15) is 0 Å². The molecular weight excluding hydrogens is 360 g/mol. The monoisotopic (exact) mass is 380 g/mol. The van der Waals surface area contributed by atoms with Gasteiger partial charge < -0.3 is 19.1 Å². The second kappa shape index (κ2) is 8.97. The molecule has 27 heavy (non-hydrogen) atoms. The molecule has 0 bridgehead atoms. The number of hydrogen-bond acceptors (Lipinski definition) is 8. The molecule has 1 fully saturated rings. The van der Waals surface area contributed by atoms with Crippen molar-refractivity contribution in [3.05, 3.63) is 33.9 Å². The highest BCUT2D eigenvalue weighted by Gasteiger charge is 2.28. The lowest BCUT2D eigenvalue weighted by Gasteiger charge is -2.30. The van der Waals surface area contributed by atoms with Gasteiger partial charge in [0, 0.05) is 19.2 Å². The molecule has 10 nitrogen and oxygen atoms in total. The summed E-state index contributed by atoms with van der Waals surface area (Å²) in [6.07, 6.45) is 0.985.